The molecule has 20 heavy (non-hydrogen) atoms. The molecule has 2 aromatic rings. The third-order valence-electron chi connectivity index (χ3n) is 3.60. The van der Waals surface area contributed by atoms with Gasteiger partial charge in [0, 0.05) is 31.3 Å². The van der Waals surface area contributed by atoms with E-state index in [2.05, 4.69) is 34.3 Å². The minimum absolute atomic E-state index is 0.344. The molecule has 3 rings (SSSR count). The zero-order chi connectivity index (χ0) is 13.8. The Morgan fingerprint density at radius 1 is 1.15 bits per heavy atom. The van der Waals surface area contributed by atoms with E-state index in [0.29, 0.717) is 5.88 Å². The Morgan fingerprint density at radius 2 is 1.90 bits per heavy atom. The summed E-state index contributed by atoms with van der Waals surface area (Å²) in [6.45, 7) is 4.87. The Balaban J connectivity index is 1.58. The number of aromatic nitrogens is 1. The minimum Gasteiger partial charge on any atom is -0.379 e. The molecule has 0 aliphatic carbocycles. The fourth-order valence-corrected chi connectivity index (χ4v) is 2.38. The van der Waals surface area contributed by atoms with Crippen LogP contribution in [0.4, 0.5) is 5.88 Å². The van der Waals surface area contributed by atoms with Crippen LogP contribution in [0.5, 0.6) is 0 Å². The number of ether oxygens (including phenoxy) is 1. The number of nitrogens with two attached hydrogens (primary N) is 1. The Hall–Kier alpha value is -1.85. The van der Waals surface area contributed by atoms with E-state index in [-0.39, 0.29) is 0 Å². The third-order valence-corrected chi connectivity index (χ3v) is 3.60. The van der Waals surface area contributed by atoms with Gasteiger partial charge < -0.3 is 15.0 Å². The van der Waals surface area contributed by atoms with E-state index in [1.807, 2.05) is 0 Å². The molecule has 5 heteroatoms. The van der Waals surface area contributed by atoms with Crippen molar-refractivity contribution in [3.05, 3.63) is 35.9 Å². The number of anilines is 1. The van der Waals surface area contributed by atoms with Gasteiger partial charge in [0.25, 0.3) is 0 Å². The molecule has 1 saturated heterocycles. The summed E-state index contributed by atoms with van der Waals surface area (Å²) in [6, 6.07) is 10.1. The quantitative estimate of drug-likeness (QED) is 0.920. The molecule has 0 unspecified atom stereocenters. The number of hydrogen-bond donors (Lipinski definition) is 1. The van der Waals surface area contributed by atoms with Gasteiger partial charge in [-0.05, 0) is 12.0 Å². The van der Waals surface area contributed by atoms with E-state index in [9.17, 15) is 0 Å². The molecule has 1 fully saturated rings. The monoisotopic (exact) mass is 273 g/mol. The second-order valence-corrected chi connectivity index (χ2v) is 5.02. The summed E-state index contributed by atoms with van der Waals surface area (Å²) in [5.41, 5.74) is 8.67. The zero-order valence-electron chi connectivity index (χ0n) is 11.4. The third kappa shape index (κ3) is 3.18. The topological polar surface area (TPSA) is 64.5 Å². The highest BCUT2D eigenvalue weighted by Gasteiger charge is 2.10. The van der Waals surface area contributed by atoms with Gasteiger partial charge in [-0.2, -0.15) is 0 Å². The van der Waals surface area contributed by atoms with Crippen LogP contribution in [0, 0.1) is 0 Å². The SMILES string of the molecule is Nc1cc(-c2ccc(CCN3CCOCC3)cc2)no1. The largest absolute Gasteiger partial charge is 0.379 e. The number of nitrogen functional groups attached to an aromatic ring is 1. The van der Waals surface area contributed by atoms with E-state index in [0.717, 1.165) is 50.5 Å². The summed E-state index contributed by atoms with van der Waals surface area (Å²) in [6.07, 6.45) is 1.06. The van der Waals surface area contributed by atoms with Crippen molar-refractivity contribution in [1.82, 2.24) is 10.1 Å². The van der Waals surface area contributed by atoms with Gasteiger partial charge in [-0.3, -0.25) is 4.90 Å². The van der Waals surface area contributed by atoms with Gasteiger partial charge in [0.05, 0.1) is 13.2 Å². The second kappa shape index (κ2) is 6.07. The average molecular weight is 273 g/mol. The summed E-state index contributed by atoms with van der Waals surface area (Å²) < 4.78 is 10.2. The van der Waals surface area contributed by atoms with Gasteiger partial charge in [-0.1, -0.05) is 29.4 Å². The Labute approximate surface area is 118 Å². The second-order valence-electron chi connectivity index (χ2n) is 5.02. The van der Waals surface area contributed by atoms with Crippen molar-refractivity contribution < 1.29 is 9.26 Å². The predicted molar refractivity (Wildman–Crippen MR) is 77.3 cm³/mol. The van der Waals surface area contributed by atoms with Gasteiger partial charge in [-0.25, -0.2) is 0 Å². The maximum absolute atomic E-state index is 5.53. The van der Waals surface area contributed by atoms with Crippen molar-refractivity contribution in [3.63, 3.8) is 0 Å². The lowest BCUT2D eigenvalue weighted by Gasteiger charge is -2.26. The van der Waals surface area contributed by atoms with E-state index in [4.69, 9.17) is 15.0 Å². The molecule has 0 spiro atoms. The van der Waals surface area contributed by atoms with Gasteiger partial charge >= 0.3 is 0 Å². The van der Waals surface area contributed by atoms with Crippen LogP contribution in [0.1, 0.15) is 5.56 Å². The maximum Gasteiger partial charge on any atom is 0.222 e. The smallest absolute Gasteiger partial charge is 0.222 e. The van der Waals surface area contributed by atoms with Crippen molar-refractivity contribution in [2.24, 2.45) is 0 Å². The Kier molecular flexibility index (Phi) is 3.99. The highest BCUT2D eigenvalue weighted by Crippen LogP contribution is 2.20. The average Bonchev–Trinajstić information content (AvgIpc) is 2.93. The van der Waals surface area contributed by atoms with E-state index in [1.165, 1.54) is 5.56 Å². The first kappa shape index (κ1) is 13.1. The summed E-state index contributed by atoms with van der Waals surface area (Å²) in [5, 5.41) is 3.91. The van der Waals surface area contributed by atoms with Crippen LogP contribution in [-0.4, -0.2) is 42.9 Å². The molecule has 1 aromatic heterocycles. The van der Waals surface area contributed by atoms with Gasteiger partial charge in [0.1, 0.15) is 5.69 Å². The molecule has 0 atom stereocenters. The first-order chi connectivity index (χ1) is 9.81. The fourth-order valence-electron chi connectivity index (χ4n) is 2.38. The lowest BCUT2D eigenvalue weighted by molar-refractivity contribution is 0.0384. The van der Waals surface area contributed by atoms with E-state index in [1.54, 1.807) is 6.07 Å². The van der Waals surface area contributed by atoms with Crippen LogP contribution in [0.2, 0.25) is 0 Å². The van der Waals surface area contributed by atoms with E-state index >= 15 is 0 Å². The van der Waals surface area contributed by atoms with Gasteiger partial charge in [0.15, 0.2) is 0 Å². The molecular formula is C15H19N3O2. The van der Waals surface area contributed by atoms with Crippen LogP contribution in [0.25, 0.3) is 11.3 Å². The Bertz CT molecular complexity index is 545. The molecule has 2 heterocycles. The standard InChI is InChI=1S/C15H19N3O2/c16-15-11-14(17-20-15)13-3-1-12(2-4-13)5-6-18-7-9-19-10-8-18/h1-4,11H,5-10,16H2. The molecule has 1 aromatic carbocycles. The lowest BCUT2D eigenvalue weighted by atomic mass is 10.1. The molecule has 0 bridgehead atoms. The summed E-state index contributed by atoms with van der Waals surface area (Å²) in [4.78, 5) is 2.44. The summed E-state index contributed by atoms with van der Waals surface area (Å²) >= 11 is 0. The predicted octanol–water partition coefficient (Wildman–Crippen LogP) is 1.80. The molecule has 106 valence electrons. The molecule has 0 amide bonds. The summed E-state index contributed by atoms with van der Waals surface area (Å²) in [5.74, 6) is 0.344. The molecule has 0 saturated carbocycles. The first-order valence-corrected chi connectivity index (χ1v) is 6.93. The highest BCUT2D eigenvalue weighted by atomic mass is 16.5. The van der Waals surface area contributed by atoms with Crippen LogP contribution in [0.15, 0.2) is 34.9 Å². The molecule has 1 aliphatic rings. The van der Waals surface area contributed by atoms with E-state index < -0.39 is 0 Å². The fraction of sp³-hybridized carbons (Fsp3) is 0.400. The normalized spacial score (nSPS) is 16.4. The Morgan fingerprint density at radius 3 is 2.55 bits per heavy atom. The molecule has 0 radical (unpaired) electrons. The van der Waals surface area contributed by atoms with Crippen LogP contribution < -0.4 is 5.73 Å². The van der Waals surface area contributed by atoms with Crippen LogP contribution >= 0.6 is 0 Å². The molecule has 2 N–H and O–H groups in total. The van der Waals surface area contributed by atoms with Crippen LogP contribution in [0.3, 0.4) is 0 Å². The van der Waals surface area contributed by atoms with Crippen molar-refractivity contribution >= 4 is 5.88 Å². The highest BCUT2D eigenvalue weighted by molar-refractivity contribution is 5.61. The number of benzene rings is 1. The van der Waals surface area contributed by atoms with Gasteiger partial charge in [-0.15, -0.1) is 0 Å². The van der Waals surface area contributed by atoms with Crippen LogP contribution in [-0.2, 0) is 11.2 Å². The first-order valence-electron chi connectivity index (χ1n) is 6.93. The maximum atomic E-state index is 5.53. The lowest BCUT2D eigenvalue weighted by Crippen LogP contribution is -2.37. The molecule has 5 nitrogen and oxygen atoms in total. The molecular weight excluding hydrogens is 254 g/mol. The van der Waals surface area contributed by atoms with Crippen molar-refractivity contribution in [2.45, 2.75) is 6.42 Å². The number of morpholine rings is 1. The summed E-state index contributed by atoms with van der Waals surface area (Å²) in [7, 11) is 0. The van der Waals surface area contributed by atoms with Crippen molar-refractivity contribution in [3.8, 4) is 11.3 Å². The zero-order valence-corrected chi connectivity index (χ0v) is 11.4. The van der Waals surface area contributed by atoms with Crippen molar-refractivity contribution in [1.29, 1.82) is 0 Å². The van der Waals surface area contributed by atoms with Crippen molar-refractivity contribution in [2.75, 3.05) is 38.6 Å². The number of nitrogens with zero attached hydrogens (tertiary/aromatic N) is 2. The number of rotatable bonds is 4. The van der Waals surface area contributed by atoms with Gasteiger partial charge in [0.2, 0.25) is 5.88 Å². The minimum atomic E-state index is 0.344. The molecule has 1 aliphatic heterocycles. The number of hydrogen-bond acceptors (Lipinski definition) is 5.